The molecule has 4 nitrogen and oxygen atoms in total. The average Bonchev–Trinajstić information content (AvgIpc) is 2.77. The lowest BCUT2D eigenvalue weighted by Crippen LogP contribution is -2.14. The first-order valence-electron chi connectivity index (χ1n) is 6.48. The zero-order valence-corrected chi connectivity index (χ0v) is 12.5. The molecule has 0 saturated heterocycles. The van der Waals surface area contributed by atoms with Crippen molar-refractivity contribution in [3.8, 4) is 0 Å². The number of nitrogens with one attached hydrogen (secondary N) is 1. The summed E-state index contributed by atoms with van der Waals surface area (Å²) in [6, 6.07) is 0. The van der Waals surface area contributed by atoms with Crippen molar-refractivity contribution in [2.75, 3.05) is 12.4 Å². The molecular weight excluding hydrogens is 280 g/mol. The molecule has 0 radical (unpaired) electrons. The Morgan fingerprint density at radius 3 is 3.21 bits per heavy atom. The molecule has 1 N–H and O–H groups in total. The summed E-state index contributed by atoms with van der Waals surface area (Å²) < 4.78 is 5.44. The highest BCUT2D eigenvalue weighted by Gasteiger charge is 2.19. The van der Waals surface area contributed by atoms with Gasteiger partial charge in [-0.15, -0.1) is 11.3 Å². The van der Waals surface area contributed by atoms with E-state index in [1.807, 2.05) is 11.8 Å². The van der Waals surface area contributed by atoms with E-state index in [2.05, 4.69) is 16.9 Å². The van der Waals surface area contributed by atoms with Crippen molar-refractivity contribution in [3.63, 3.8) is 0 Å². The van der Waals surface area contributed by atoms with Crippen LogP contribution in [-0.2, 0) is 23.5 Å². The van der Waals surface area contributed by atoms with Crippen LogP contribution in [0.25, 0.3) is 10.2 Å². The number of nitrogens with zero attached hydrogens (tertiary/aromatic N) is 1. The van der Waals surface area contributed by atoms with Gasteiger partial charge in [0.05, 0.1) is 5.39 Å². The fourth-order valence-electron chi connectivity index (χ4n) is 2.26. The van der Waals surface area contributed by atoms with E-state index in [1.165, 1.54) is 10.4 Å². The summed E-state index contributed by atoms with van der Waals surface area (Å²) in [5.41, 5.74) is 1.21. The van der Waals surface area contributed by atoms with Crippen molar-refractivity contribution in [3.05, 3.63) is 26.6 Å². The molecule has 6 heteroatoms. The van der Waals surface area contributed by atoms with E-state index >= 15 is 0 Å². The van der Waals surface area contributed by atoms with Crippen LogP contribution < -0.4 is 5.56 Å². The Balaban J connectivity index is 1.99. The zero-order chi connectivity index (χ0) is 13.2. The second-order valence-corrected chi connectivity index (χ2v) is 6.74. The van der Waals surface area contributed by atoms with Crippen LogP contribution in [0.15, 0.2) is 4.79 Å². The molecule has 0 spiro atoms. The van der Waals surface area contributed by atoms with Gasteiger partial charge in [-0.1, -0.05) is 6.92 Å². The van der Waals surface area contributed by atoms with Crippen LogP contribution in [0.3, 0.4) is 0 Å². The molecule has 19 heavy (non-hydrogen) atoms. The normalized spacial score (nSPS) is 14.8. The lowest BCUT2D eigenvalue weighted by molar-refractivity contribution is 0.116. The quantitative estimate of drug-likeness (QED) is 0.881. The van der Waals surface area contributed by atoms with E-state index in [0.717, 1.165) is 34.6 Å². The Morgan fingerprint density at radius 2 is 2.37 bits per heavy atom. The minimum absolute atomic E-state index is 0.00972. The summed E-state index contributed by atoms with van der Waals surface area (Å²) in [6.07, 6.45) is 1.95. The highest BCUT2D eigenvalue weighted by molar-refractivity contribution is 7.98. The molecule has 0 atom stereocenters. The molecule has 0 aromatic carbocycles. The smallest absolute Gasteiger partial charge is 0.260 e. The molecule has 102 valence electrons. The minimum Gasteiger partial charge on any atom is -0.374 e. The number of fused-ring (bicyclic) bond motifs is 3. The standard InChI is InChI=1S/C13H16N2O2S2/c1-2-4-17-6-10-14-12(16)11-8-3-5-18-7-9(8)19-13(11)15-10/h2-7H2,1H3,(H,14,15,16). The number of hydrogen-bond donors (Lipinski definition) is 1. The number of hydrogen-bond acceptors (Lipinski definition) is 5. The number of aromatic nitrogens is 2. The summed E-state index contributed by atoms with van der Waals surface area (Å²) >= 11 is 3.59. The van der Waals surface area contributed by atoms with Crippen LogP contribution in [0.5, 0.6) is 0 Å². The molecule has 3 rings (SSSR count). The number of aromatic amines is 1. The molecule has 1 aliphatic heterocycles. The number of ether oxygens (including phenoxy) is 1. The van der Waals surface area contributed by atoms with Crippen LogP contribution in [0, 0.1) is 0 Å². The van der Waals surface area contributed by atoms with Crippen LogP contribution >= 0.6 is 23.1 Å². The van der Waals surface area contributed by atoms with Crippen LogP contribution in [-0.4, -0.2) is 22.3 Å². The number of thiophene rings is 1. The first-order valence-corrected chi connectivity index (χ1v) is 8.45. The maximum absolute atomic E-state index is 12.2. The van der Waals surface area contributed by atoms with Crippen molar-refractivity contribution in [2.45, 2.75) is 32.1 Å². The number of H-pyrrole nitrogens is 1. The summed E-state index contributed by atoms with van der Waals surface area (Å²) in [6.45, 7) is 3.14. The predicted octanol–water partition coefficient (Wildman–Crippen LogP) is 2.70. The van der Waals surface area contributed by atoms with E-state index in [9.17, 15) is 4.79 Å². The van der Waals surface area contributed by atoms with Gasteiger partial charge in [-0.25, -0.2) is 4.98 Å². The molecule has 0 unspecified atom stereocenters. The van der Waals surface area contributed by atoms with E-state index in [0.29, 0.717) is 19.0 Å². The van der Waals surface area contributed by atoms with Gasteiger partial charge in [0.1, 0.15) is 17.3 Å². The Hall–Kier alpha value is -0.850. The van der Waals surface area contributed by atoms with E-state index in [1.54, 1.807) is 11.3 Å². The average molecular weight is 296 g/mol. The third-order valence-electron chi connectivity index (χ3n) is 3.11. The topological polar surface area (TPSA) is 55.0 Å². The van der Waals surface area contributed by atoms with Crippen LogP contribution in [0.1, 0.15) is 29.6 Å². The Morgan fingerprint density at radius 1 is 1.47 bits per heavy atom. The van der Waals surface area contributed by atoms with Gasteiger partial charge in [-0.2, -0.15) is 11.8 Å². The van der Waals surface area contributed by atoms with Gasteiger partial charge >= 0.3 is 0 Å². The Labute approximate surface area is 119 Å². The first-order chi connectivity index (χ1) is 9.29. The Bertz CT molecular complexity index is 648. The zero-order valence-electron chi connectivity index (χ0n) is 10.8. The van der Waals surface area contributed by atoms with Gasteiger partial charge < -0.3 is 9.72 Å². The molecule has 1 aliphatic rings. The number of thioether (sulfide) groups is 1. The summed E-state index contributed by atoms with van der Waals surface area (Å²) in [7, 11) is 0. The SMILES string of the molecule is CCCOCc1nc2sc3c(c2c(=O)[nH]1)CCSC3. The highest BCUT2D eigenvalue weighted by atomic mass is 32.2. The number of rotatable bonds is 4. The van der Waals surface area contributed by atoms with Crippen LogP contribution in [0.2, 0.25) is 0 Å². The lowest BCUT2D eigenvalue weighted by Gasteiger charge is -2.09. The Kier molecular flexibility index (Phi) is 3.91. The largest absolute Gasteiger partial charge is 0.374 e. The van der Waals surface area contributed by atoms with Crippen molar-refractivity contribution >= 4 is 33.3 Å². The third-order valence-corrected chi connectivity index (χ3v) is 5.40. The van der Waals surface area contributed by atoms with E-state index < -0.39 is 0 Å². The maximum Gasteiger partial charge on any atom is 0.260 e. The van der Waals surface area contributed by atoms with Crippen molar-refractivity contribution in [1.29, 1.82) is 0 Å². The second kappa shape index (κ2) is 5.64. The first kappa shape index (κ1) is 13.1. The van der Waals surface area contributed by atoms with Gasteiger partial charge in [0.15, 0.2) is 0 Å². The molecule has 2 aromatic heterocycles. The van der Waals surface area contributed by atoms with Gasteiger partial charge in [0.25, 0.3) is 5.56 Å². The summed E-state index contributed by atoms with van der Waals surface area (Å²) in [5, 5.41) is 0.805. The second-order valence-electron chi connectivity index (χ2n) is 4.55. The molecule has 0 amide bonds. The van der Waals surface area contributed by atoms with Gasteiger partial charge in [-0.3, -0.25) is 4.79 Å². The summed E-state index contributed by atoms with van der Waals surface area (Å²) in [4.78, 5) is 21.8. The van der Waals surface area contributed by atoms with Gasteiger partial charge in [-0.05, 0) is 24.2 Å². The van der Waals surface area contributed by atoms with E-state index in [4.69, 9.17) is 4.74 Å². The van der Waals surface area contributed by atoms with Crippen molar-refractivity contribution < 1.29 is 4.74 Å². The van der Waals surface area contributed by atoms with E-state index in [-0.39, 0.29) is 5.56 Å². The molecular formula is C13H16N2O2S2. The van der Waals surface area contributed by atoms with Gasteiger partial charge in [0.2, 0.25) is 0 Å². The molecule has 0 fully saturated rings. The molecule has 0 bridgehead atoms. The van der Waals surface area contributed by atoms with Crippen molar-refractivity contribution in [2.24, 2.45) is 0 Å². The monoisotopic (exact) mass is 296 g/mol. The molecule has 0 saturated carbocycles. The van der Waals surface area contributed by atoms with Crippen molar-refractivity contribution in [1.82, 2.24) is 9.97 Å². The number of aryl methyl sites for hydroxylation is 1. The summed E-state index contributed by atoms with van der Waals surface area (Å²) in [5.74, 6) is 2.74. The minimum atomic E-state index is -0.00972. The van der Waals surface area contributed by atoms with Gasteiger partial charge in [0, 0.05) is 17.2 Å². The third kappa shape index (κ3) is 2.57. The fourth-order valence-corrected chi connectivity index (χ4v) is 4.63. The molecule has 2 aromatic rings. The lowest BCUT2D eigenvalue weighted by atomic mass is 10.1. The highest BCUT2D eigenvalue weighted by Crippen LogP contribution is 2.35. The molecule has 3 heterocycles. The maximum atomic E-state index is 12.2. The molecule has 0 aliphatic carbocycles. The predicted molar refractivity (Wildman–Crippen MR) is 80.1 cm³/mol. The fraction of sp³-hybridized carbons (Fsp3) is 0.538. The van der Waals surface area contributed by atoms with Crippen LogP contribution in [0.4, 0.5) is 0 Å².